The average Bonchev–Trinajstić information content (AvgIpc) is 2.83. The molecule has 1 aromatic rings. The van der Waals surface area contributed by atoms with Gasteiger partial charge in [0.15, 0.2) is 0 Å². The SMILES string of the molecule is CC(C)CN1CCCC1CNC(=O)c1ccc(N)nc1. The minimum absolute atomic E-state index is 0.0751. The van der Waals surface area contributed by atoms with Gasteiger partial charge >= 0.3 is 0 Å². The minimum atomic E-state index is -0.0751. The Labute approximate surface area is 120 Å². The van der Waals surface area contributed by atoms with Crippen molar-refractivity contribution in [1.82, 2.24) is 15.2 Å². The minimum Gasteiger partial charge on any atom is -0.384 e. The number of likely N-dealkylation sites (tertiary alicyclic amines) is 1. The number of nitrogens with two attached hydrogens (primary N) is 1. The molecule has 110 valence electrons. The third-order valence-electron chi connectivity index (χ3n) is 3.65. The second kappa shape index (κ2) is 6.70. The van der Waals surface area contributed by atoms with Gasteiger partial charge in [-0.3, -0.25) is 9.69 Å². The van der Waals surface area contributed by atoms with E-state index in [9.17, 15) is 4.79 Å². The first-order chi connectivity index (χ1) is 9.56. The summed E-state index contributed by atoms with van der Waals surface area (Å²) in [5, 5.41) is 3.00. The van der Waals surface area contributed by atoms with Gasteiger partial charge in [-0.15, -0.1) is 0 Å². The summed E-state index contributed by atoms with van der Waals surface area (Å²) >= 11 is 0. The predicted octanol–water partition coefficient (Wildman–Crippen LogP) is 1.51. The average molecular weight is 276 g/mol. The van der Waals surface area contributed by atoms with Gasteiger partial charge in [0, 0.05) is 25.3 Å². The maximum atomic E-state index is 12.0. The van der Waals surface area contributed by atoms with E-state index in [-0.39, 0.29) is 5.91 Å². The Hall–Kier alpha value is -1.62. The molecule has 0 bridgehead atoms. The van der Waals surface area contributed by atoms with Gasteiger partial charge in [-0.2, -0.15) is 0 Å². The highest BCUT2D eigenvalue weighted by molar-refractivity contribution is 5.94. The Kier molecular flexibility index (Phi) is 4.95. The zero-order valence-electron chi connectivity index (χ0n) is 12.3. The van der Waals surface area contributed by atoms with E-state index in [2.05, 4.69) is 29.0 Å². The van der Waals surface area contributed by atoms with Crippen LogP contribution in [0, 0.1) is 5.92 Å². The number of anilines is 1. The lowest BCUT2D eigenvalue weighted by Crippen LogP contribution is -2.41. The summed E-state index contributed by atoms with van der Waals surface area (Å²) < 4.78 is 0. The highest BCUT2D eigenvalue weighted by Crippen LogP contribution is 2.18. The molecule has 20 heavy (non-hydrogen) atoms. The van der Waals surface area contributed by atoms with Crippen LogP contribution in [0.5, 0.6) is 0 Å². The molecule has 0 saturated carbocycles. The number of nitrogens with one attached hydrogen (secondary N) is 1. The molecule has 1 fully saturated rings. The standard InChI is InChI=1S/C15H24N4O/c1-11(2)10-19-7-3-4-13(19)9-18-15(20)12-5-6-14(16)17-8-12/h5-6,8,11,13H,3-4,7,9-10H2,1-2H3,(H2,16,17)(H,18,20). The molecule has 0 aliphatic carbocycles. The number of nitrogen functional groups attached to an aromatic ring is 1. The Balaban J connectivity index is 1.85. The zero-order chi connectivity index (χ0) is 14.5. The third-order valence-corrected chi connectivity index (χ3v) is 3.65. The van der Waals surface area contributed by atoms with E-state index >= 15 is 0 Å². The van der Waals surface area contributed by atoms with Crippen molar-refractivity contribution < 1.29 is 4.79 Å². The van der Waals surface area contributed by atoms with E-state index in [0.29, 0.717) is 29.9 Å². The maximum absolute atomic E-state index is 12.0. The van der Waals surface area contributed by atoms with E-state index < -0.39 is 0 Å². The molecule has 1 aliphatic rings. The molecule has 1 amide bonds. The summed E-state index contributed by atoms with van der Waals surface area (Å²) in [5.41, 5.74) is 6.08. The molecule has 2 rings (SSSR count). The molecule has 1 unspecified atom stereocenters. The molecule has 5 nitrogen and oxygen atoms in total. The Morgan fingerprint density at radius 2 is 2.35 bits per heavy atom. The van der Waals surface area contributed by atoms with Gasteiger partial charge in [-0.1, -0.05) is 13.8 Å². The zero-order valence-corrected chi connectivity index (χ0v) is 12.3. The number of hydrogen-bond acceptors (Lipinski definition) is 4. The molecule has 1 saturated heterocycles. The lowest BCUT2D eigenvalue weighted by atomic mass is 10.1. The number of hydrogen-bond donors (Lipinski definition) is 2. The van der Waals surface area contributed by atoms with Crippen molar-refractivity contribution in [3.8, 4) is 0 Å². The van der Waals surface area contributed by atoms with Gasteiger partial charge in [0.1, 0.15) is 5.82 Å². The van der Waals surface area contributed by atoms with E-state index in [1.54, 1.807) is 12.1 Å². The smallest absolute Gasteiger partial charge is 0.252 e. The fraction of sp³-hybridized carbons (Fsp3) is 0.600. The summed E-state index contributed by atoms with van der Waals surface area (Å²) in [6.07, 6.45) is 3.90. The van der Waals surface area contributed by atoms with Gasteiger partial charge in [0.25, 0.3) is 5.91 Å². The Morgan fingerprint density at radius 3 is 3.00 bits per heavy atom. The Bertz CT molecular complexity index is 444. The van der Waals surface area contributed by atoms with Gasteiger partial charge < -0.3 is 11.1 Å². The van der Waals surface area contributed by atoms with E-state index in [0.717, 1.165) is 19.5 Å². The molecule has 5 heteroatoms. The summed E-state index contributed by atoms with van der Waals surface area (Å²) in [6, 6.07) is 3.82. The number of pyridine rings is 1. The molecule has 0 spiro atoms. The van der Waals surface area contributed by atoms with Crippen molar-refractivity contribution in [1.29, 1.82) is 0 Å². The van der Waals surface area contributed by atoms with Crippen LogP contribution in [0.3, 0.4) is 0 Å². The van der Waals surface area contributed by atoms with Crippen LogP contribution < -0.4 is 11.1 Å². The fourth-order valence-electron chi connectivity index (χ4n) is 2.69. The third kappa shape index (κ3) is 3.93. The largest absolute Gasteiger partial charge is 0.384 e. The van der Waals surface area contributed by atoms with Crippen molar-refractivity contribution in [3.05, 3.63) is 23.9 Å². The molecule has 0 aromatic carbocycles. The lowest BCUT2D eigenvalue weighted by Gasteiger charge is -2.26. The van der Waals surface area contributed by atoms with Crippen LogP contribution in [-0.4, -0.2) is 41.5 Å². The molecule has 1 atom stereocenters. The summed E-state index contributed by atoms with van der Waals surface area (Å²) in [7, 11) is 0. The monoisotopic (exact) mass is 276 g/mol. The van der Waals surface area contributed by atoms with E-state index in [4.69, 9.17) is 5.73 Å². The second-order valence-corrected chi connectivity index (χ2v) is 5.87. The van der Waals surface area contributed by atoms with Crippen molar-refractivity contribution >= 4 is 11.7 Å². The van der Waals surface area contributed by atoms with Crippen LogP contribution in [0.25, 0.3) is 0 Å². The summed E-state index contributed by atoms with van der Waals surface area (Å²) in [5.74, 6) is 1.02. The van der Waals surface area contributed by atoms with E-state index in [1.165, 1.54) is 12.6 Å². The van der Waals surface area contributed by atoms with Crippen molar-refractivity contribution in [3.63, 3.8) is 0 Å². The maximum Gasteiger partial charge on any atom is 0.252 e. The van der Waals surface area contributed by atoms with Gasteiger partial charge in [0.05, 0.1) is 5.56 Å². The highest BCUT2D eigenvalue weighted by atomic mass is 16.1. The molecular weight excluding hydrogens is 252 g/mol. The number of amides is 1. The van der Waals surface area contributed by atoms with Crippen LogP contribution in [0.15, 0.2) is 18.3 Å². The number of rotatable bonds is 5. The molecule has 0 radical (unpaired) electrons. The predicted molar refractivity (Wildman–Crippen MR) is 80.4 cm³/mol. The fourth-order valence-corrected chi connectivity index (χ4v) is 2.69. The summed E-state index contributed by atoms with van der Waals surface area (Å²) in [4.78, 5) is 18.5. The highest BCUT2D eigenvalue weighted by Gasteiger charge is 2.25. The normalized spacial score (nSPS) is 19.4. The van der Waals surface area contributed by atoms with Crippen molar-refractivity contribution in [2.45, 2.75) is 32.7 Å². The Morgan fingerprint density at radius 1 is 1.55 bits per heavy atom. The van der Waals surface area contributed by atoms with Crippen LogP contribution >= 0.6 is 0 Å². The first-order valence-electron chi connectivity index (χ1n) is 7.30. The van der Waals surface area contributed by atoms with Crippen LogP contribution in [0.4, 0.5) is 5.82 Å². The molecule has 2 heterocycles. The van der Waals surface area contributed by atoms with Crippen LogP contribution in [0.1, 0.15) is 37.0 Å². The molecule has 1 aliphatic heterocycles. The van der Waals surface area contributed by atoms with Crippen molar-refractivity contribution in [2.75, 3.05) is 25.4 Å². The number of carbonyl (C=O) groups is 1. The van der Waals surface area contributed by atoms with Gasteiger partial charge in [-0.05, 0) is 37.4 Å². The molecular formula is C15H24N4O. The molecule has 3 N–H and O–H groups in total. The van der Waals surface area contributed by atoms with Crippen LogP contribution in [0.2, 0.25) is 0 Å². The van der Waals surface area contributed by atoms with E-state index in [1.807, 2.05) is 0 Å². The number of aromatic nitrogens is 1. The quantitative estimate of drug-likeness (QED) is 0.855. The number of carbonyl (C=O) groups excluding carboxylic acids is 1. The topological polar surface area (TPSA) is 71.2 Å². The first-order valence-corrected chi connectivity index (χ1v) is 7.30. The second-order valence-electron chi connectivity index (χ2n) is 5.87. The van der Waals surface area contributed by atoms with Crippen LogP contribution in [-0.2, 0) is 0 Å². The van der Waals surface area contributed by atoms with Gasteiger partial charge in [-0.25, -0.2) is 4.98 Å². The summed E-state index contributed by atoms with van der Waals surface area (Å²) in [6.45, 7) is 7.41. The lowest BCUT2D eigenvalue weighted by molar-refractivity contribution is 0.0939. The van der Waals surface area contributed by atoms with Crippen molar-refractivity contribution in [2.24, 2.45) is 5.92 Å². The molecule has 1 aromatic heterocycles. The first kappa shape index (κ1) is 14.8. The van der Waals surface area contributed by atoms with Gasteiger partial charge in [0.2, 0.25) is 0 Å². The number of nitrogens with zero attached hydrogens (tertiary/aromatic N) is 2.